The largest absolute Gasteiger partial charge is 0.477 e. The Hall–Kier alpha value is -2.56. The normalized spacial score (nSPS) is 13.5. The van der Waals surface area contributed by atoms with E-state index >= 15 is 0 Å². The molecule has 0 fully saturated rings. The van der Waals surface area contributed by atoms with Gasteiger partial charge in [-0.1, -0.05) is 30.3 Å². The van der Waals surface area contributed by atoms with Gasteiger partial charge in [0, 0.05) is 18.1 Å². The molecule has 2 N–H and O–H groups in total. The molecule has 3 aromatic rings. The van der Waals surface area contributed by atoms with Crippen LogP contribution in [-0.4, -0.2) is 21.2 Å². The first-order chi connectivity index (χ1) is 9.33. The van der Waals surface area contributed by atoms with E-state index in [9.17, 15) is 0 Å². The summed E-state index contributed by atoms with van der Waals surface area (Å²) in [6, 6.07) is 11.9. The number of ether oxygens (including phenoxy) is 1. The van der Waals surface area contributed by atoms with Crippen molar-refractivity contribution >= 4 is 11.5 Å². The Kier molecular flexibility index (Phi) is 2.03. The van der Waals surface area contributed by atoms with E-state index in [1.54, 1.807) is 4.52 Å². The van der Waals surface area contributed by atoms with Gasteiger partial charge in [0.15, 0.2) is 5.65 Å². The Morgan fingerprint density at radius 1 is 1.21 bits per heavy atom. The van der Waals surface area contributed by atoms with Crippen LogP contribution in [0.15, 0.2) is 36.4 Å². The van der Waals surface area contributed by atoms with E-state index in [0.717, 1.165) is 28.9 Å². The van der Waals surface area contributed by atoms with Gasteiger partial charge in [0.2, 0.25) is 5.88 Å². The zero-order valence-corrected chi connectivity index (χ0v) is 10.2. The molecule has 5 heteroatoms. The molecule has 2 aromatic heterocycles. The van der Waals surface area contributed by atoms with Crippen LogP contribution in [0.2, 0.25) is 0 Å². The van der Waals surface area contributed by atoms with Crippen LogP contribution < -0.4 is 10.5 Å². The second-order valence-corrected chi connectivity index (χ2v) is 4.54. The molecule has 0 spiro atoms. The van der Waals surface area contributed by atoms with E-state index in [0.29, 0.717) is 18.3 Å². The van der Waals surface area contributed by atoms with Crippen LogP contribution in [0.3, 0.4) is 0 Å². The topological polar surface area (TPSA) is 65.4 Å². The number of anilines is 1. The van der Waals surface area contributed by atoms with E-state index in [-0.39, 0.29) is 0 Å². The zero-order chi connectivity index (χ0) is 12.8. The van der Waals surface area contributed by atoms with E-state index in [4.69, 9.17) is 10.5 Å². The predicted octanol–water partition coefficient (Wildman–Crippen LogP) is 1.91. The summed E-state index contributed by atoms with van der Waals surface area (Å²) in [5.74, 6) is 1.27. The second-order valence-electron chi connectivity index (χ2n) is 4.54. The van der Waals surface area contributed by atoms with Crippen LogP contribution >= 0.6 is 0 Å². The van der Waals surface area contributed by atoms with Gasteiger partial charge >= 0.3 is 0 Å². The standard InChI is InChI=1S/C14H12N4O/c15-13-10-6-7-19-14(10)16-12-8-11(17-18(12)13)9-4-2-1-3-5-9/h1-5,8H,6-7,15H2. The summed E-state index contributed by atoms with van der Waals surface area (Å²) in [4.78, 5) is 4.46. The number of rotatable bonds is 1. The van der Waals surface area contributed by atoms with Crippen LogP contribution in [0.25, 0.3) is 16.9 Å². The molecule has 1 aliphatic heterocycles. The van der Waals surface area contributed by atoms with Crippen molar-refractivity contribution in [1.82, 2.24) is 14.6 Å². The van der Waals surface area contributed by atoms with Crippen molar-refractivity contribution in [2.24, 2.45) is 0 Å². The summed E-state index contributed by atoms with van der Waals surface area (Å²) >= 11 is 0. The number of fused-ring (bicyclic) bond motifs is 2. The maximum atomic E-state index is 6.14. The molecule has 0 radical (unpaired) electrons. The van der Waals surface area contributed by atoms with Crippen LogP contribution in [-0.2, 0) is 6.42 Å². The van der Waals surface area contributed by atoms with E-state index in [2.05, 4.69) is 10.1 Å². The predicted molar refractivity (Wildman–Crippen MR) is 72.0 cm³/mol. The fourth-order valence-corrected chi connectivity index (χ4v) is 2.39. The van der Waals surface area contributed by atoms with Crippen LogP contribution in [0.5, 0.6) is 5.88 Å². The first-order valence-electron chi connectivity index (χ1n) is 6.19. The smallest absolute Gasteiger partial charge is 0.222 e. The lowest BCUT2D eigenvalue weighted by atomic mass is 10.2. The van der Waals surface area contributed by atoms with Crippen molar-refractivity contribution in [3.8, 4) is 17.1 Å². The molecule has 1 aromatic carbocycles. The average Bonchev–Trinajstić information content (AvgIpc) is 3.06. The first-order valence-corrected chi connectivity index (χ1v) is 6.19. The highest BCUT2D eigenvalue weighted by atomic mass is 16.5. The lowest BCUT2D eigenvalue weighted by Crippen LogP contribution is -2.03. The van der Waals surface area contributed by atoms with Crippen LogP contribution in [0, 0.1) is 0 Å². The third kappa shape index (κ3) is 1.48. The van der Waals surface area contributed by atoms with Gasteiger partial charge in [-0.3, -0.25) is 0 Å². The number of aromatic nitrogens is 3. The number of nitrogens with zero attached hydrogens (tertiary/aromatic N) is 3. The number of hydrogen-bond donors (Lipinski definition) is 1. The summed E-state index contributed by atoms with van der Waals surface area (Å²) in [6.07, 6.45) is 0.796. The Morgan fingerprint density at radius 3 is 2.89 bits per heavy atom. The van der Waals surface area contributed by atoms with Gasteiger partial charge in [-0.2, -0.15) is 14.6 Å². The second kappa shape index (κ2) is 3.71. The van der Waals surface area contributed by atoms with Crippen molar-refractivity contribution in [1.29, 1.82) is 0 Å². The molecule has 0 saturated heterocycles. The van der Waals surface area contributed by atoms with E-state index < -0.39 is 0 Å². The highest BCUT2D eigenvalue weighted by Crippen LogP contribution is 2.30. The Morgan fingerprint density at radius 2 is 2.05 bits per heavy atom. The Bertz CT molecular complexity index is 764. The molecule has 3 heterocycles. The summed E-state index contributed by atoms with van der Waals surface area (Å²) in [7, 11) is 0. The molecule has 5 nitrogen and oxygen atoms in total. The third-order valence-electron chi connectivity index (χ3n) is 3.36. The fraction of sp³-hybridized carbons (Fsp3) is 0.143. The highest BCUT2D eigenvalue weighted by molar-refractivity contribution is 5.67. The molecule has 0 atom stereocenters. The summed E-state index contributed by atoms with van der Waals surface area (Å²) in [5.41, 5.74) is 9.73. The van der Waals surface area contributed by atoms with Crippen molar-refractivity contribution < 1.29 is 4.74 Å². The van der Waals surface area contributed by atoms with Crippen LogP contribution in [0.4, 0.5) is 5.82 Å². The van der Waals surface area contributed by atoms with Gasteiger partial charge in [-0.25, -0.2) is 0 Å². The number of hydrogen-bond acceptors (Lipinski definition) is 4. The summed E-state index contributed by atoms with van der Waals surface area (Å²) < 4.78 is 7.16. The quantitative estimate of drug-likeness (QED) is 0.718. The molecule has 19 heavy (non-hydrogen) atoms. The monoisotopic (exact) mass is 252 g/mol. The van der Waals surface area contributed by atoms with E-state index in [1.165, 1.54) is 0 Å². The minimum atomic E-state index is 0.625. The maximum absolute atomic E-state index is 6.14. The highest BCUT2D eigenvalue weighted by Gasteiger charge is 2.21. The SMILES string of the molecule is Nc1c2c(nc3cc(-c4ccccc4)nn13)OCC2. The van der Waals surface area contributed by atoms with Gasteiger partial charge in [-0.05, 0) is 0 Å². The van der Waals surface area contributed by atoms with Gasteiger partial charge in [0.1, 0.15) is 5.82 Å². The number of nitrogens with two attached hydrogens (primary N) is 1. The van der Waals surface area contributed by atoms with E-state index in [1.807, 2.05) is 36.4 Å². The maximum Gasteiger partial charge on any atom is 0.222 e. The molecular formula is C14H12N4O. The van der Waals surface area contributed by atoms with Gasteiger partial charge in [0.05, 0.1) is 17.9 Å². The molecule has 0 unspecified atom stereocenters. The Labute approximate surface area is 109 Å². The first kappa shape index (κ1) is 10.4. The van der Waals surface area contributed by atoms with Crippen LogP contribution in [0.1, 0.15) is 5.56 Å². The average molecular weight is 252 g/mol. The minimum Gasteiger partial charge on any atom is -0.477 e. The lowest BCUT2D eigenvalue weighted by molar-refractivity contribution is 0.345. The van der Waals surface area contributed by atoms with Gasteiger partial charge in [-0.15, -0.1) is 0 Å². The lowest BCUT2D eigenvalue weighted by Gasteiger charge is -2.03. The summed E-state index contributed by atoms with van der Waals surface area (Å²) in [5, 5.41) is 4.53. The molecular weight excluding hydrogens is 240 g/mol. The molecule has 0 aliphatic carbocycles. The van der Waals surface area contributed by atoms with Gasteiger partial charge < -0.3 is 10.5 Å². The number of benzene rings is 1. The third-order valence-corrected chi connectivity index (χ3v) is 3.36. The fourth-order valence-electron chi connectivity index (χ4n) is 2.39. The van der Waals surface area contributed by atoms with Crippen molar-refractivity contribution in [2.45, 2.75) is 6.42 Å². The molecule has 94 valence electrons. The molecule has 4 rings (SSSR count). The summed E-state index contributed by atoms with van der Waals surface area (Å²) in [6.45, 7) is 0.644. The number of nitrogen functional groups attached to an aromatic ring is 1. The molecule has 0 amide bonds. The van der Waals surface area contributed by atoms with Crippen molar-refractivity contribution in [2.75, 3.05) is 12.3 Å². The van der Waals surface area contributed by atoms with Gasteiger partial charge in [0.25, 0.3) is 0 Å². The molecule has 0 saturated carbocycles. The molecule has 0 bridgehead atoms. The minimum absolute atomic E-state index is 0.625. The zero-order valence-electron chi connectivity index (χ0n) is 10.2. The Balaban J connectivity index is 1.96. The van der Waals surface area contributed by atoms with Crippen molar-refractivity contribution in [3.05, 3.63) is 42.0 Å². The van der Waals surface area contributed by atoms with Crippen molar-refractivity contribution in [3.63, 3.8) is 0 Å². The molecule has 1 aliphatic rings.